The standard InChI is InChI=1S/C6H11NO5/c8-1-2-3(9)4(10)6(11)5(7-6)12-2/h2-5,7-11H,1H2/t2-,3-,4+,5-,6-/m1/s1. The van der Waals surface area contributed by atoms with Crippen LogP contribution in [0.15, 0.2) is 0 Å². The van der Waals surface area contributed by atoms with Crippen molar-refractivity contribution < 1.29 is 25.2 Å². The van der Waals surface area contributed by atoms with Crippen molar-refractivity contribution in [2.45, 2.75) is 30.3 Å². The summed E-state index contributed by atoms with van der Waals surface area (Å²) in [5.41, 5.74) is -1.52. The van der Waals surface area contributed by atoms with Crippen molar-refractivity contribution in [1.82, 2.24) is 5.32 Å². The summed E-state index contributed by atoms with van der Waals surface area (Å²) in [6.07, 6.45) is -4.08. The minimum absolute atomic E-state index is 0.382. The van der Waals surface area contributed by atoms with Gasteiger partial charge in [-0.1, -0.05) is 0 Å². The van der Waals surface area contributed by atoms with Crippen molar-refractivity contribution in [2.75, 3.05) is 6.61 Å². The maximum atomic E-state index is 9.37. The molecule has 0 aliphatic carbocycles. The molecule has 0 spiro atoms. The molecule has 6 nitrogen and oxygen atoms in total. The van der Waals surface area contributed by atoms with E-state index in [0.717, 1.165) is 0 Å². The first-order valence-corrected chi connectivity index (χ1v) is 3.72. The summed E-state index contributed by atoms with van der Waals surface area (Å²) in [6, 6.07) is 0. The van der Waals surface area contributed by atoms with E-state index in [-0.39, 0.29) is 6.61 Å². The van der Waals surface area contributed by atoms with E-state index in [1.54, 1.807) is 0 Å². The number of nitrogens with one attached hydrogen (secondary N) is 1. The summed E-state index contributed by atoms with van der Waals surface area (Å²) in [7, 11) is 0. The van der Waals surface area contributed by atoms with Gasteiger partial charge < -0.3 is 25.2 Å². The molecule has 5 atom stereocenters. The van der Waals surface area contributed by atoms with Gasteiger partial charge in [-0.05, 0) is 0 Å². The van der Waals surface area contributed by atoms with Crippen LogP contribution in [-0.2, 0) is 4.74 Å². The Labute approximate surface area is 68.4 Å². The summed E-state index contributed by atoms with van der Waals surface area (Å²) in [5, 5.41) is 39.1. The van der Waals surface area contributed by atoms with Gasteiger partial charge in [-0.15, -0.1) is 0 Å². The van der Waals surface area contributed by atoms with Gasteiger partial charge in [-0.3, -0.25) is 5.32 Å². The molecule has 12 heavy (non-hydrogen) atoms. The van der Waals surface area contributed by atoms with Crippen LogP contribution in [0.25, 0.3) is 0 Å². The smallest absolute Gasteiger partial charge is 0.187 e. The normalized spacial score (nSPS) is 58.0. The zero-order valence-electron chi connectivity index (χ0n) is 6.21. The lowest BCUT2D eigenvalue weighted by molar-refractivity contribution is -0.197. The Bertz CT molecular complexity index is 200. The van der Waals surface area contributed by atoms with Gasteiger partial charge in [-0.2, -0.15) is 0 Å². The summed E-state index contributed by atoms with van der Waals surface area (Å²) in [4.78, 5) is 0. The average Bonchev–Trinajstić information content (AvgIpc) is 2.71. The number of hydrogen-bond acceptors (Lipinski definition) is 6. The molecule has 5 N–H and O–H groups in total. The highest BCUT2D eigenvalue weighted by molar-refractivity contribution is 5.12. The van der Waals surface area contributed by atoms with Crippen LogP contribution in [0.2, 0.25) is 0 Å². The van der Waals surface area contributed by atoms with Crippen LogP contribution in [0.5, 0.6) is 0 Å². The van der Waals surface area contributed by atoms with Crippen LogP contribution in [0.1, 0.15) is 0 Å². The molecule has 70 valence electrons. The Morgan fingerprint density at radius 2 is 2.08 bits per heavy atom. The molecule has 2 aliphatic rings. The average molecular weight is 177 g/mol. The van der Waals surface area contributed by atoms with E-state index < -0.39 is 30.3 Å². The van der Waals surface area contributed by atoms with Crippen LogP contribution < -0.4 is 5.32 Å². The van der Waals surface area contributed by atoms with Crippen LogP contribution in [0.4, 0.5) is 0 Å². The lowest BCUT2D eigenvalue weighted by atomic mass is 10.0. The zero-order valence-corrected chi connectivity index (χ0v) is 6.21. The Morgan fingerprint density at radius 3 is 2.67 bits per heavy atom. The van der Waals surface area contributed by atoms with Gasteiger partial charge in [0.15, 0.2) is 12.0 Å². The quantitative estimate of drug-likeness (QED) is 0.268. The molecule has 0 bridgehead atoms. The Balaban J connectivity index is 2.11. The highest BCUT2D eigenvalue weighted by Crippen LogP contribution is 2.36. The topological polar surface area (TPSA) is 112 Å². The molecule has 0 aromatic carbocycles. The van der Waals surface area contributed by atoms with Gasteiger partial charge >= 0.3 is 0 Å². The predicted octanol–water partition coefficient (Wildman–Crippen LogP) is -3.28. The fourth-order valence-corrected chi connectivity index (χ4v) is 1.42. The molecule has 0 amide bonds. The van der Waals surface area contributed by atoms with E-state index >= 15 is 0 Å². The Hall–Kier alpha value is -0.240. The highest BCUT2D eigenvalue weighted by atomic mass is 16.6. The molecule has 0 aromatic heterocycles. The van der Waals surface area contributed by atoms with Crippen molar-refractivity contribution in [3.05, 3.63) is 0 Å². The minimum atomic E-state index is -1.52. The zero-order chi connectivity index (χ0) is 8.93. The second-order valence-corrected chi connectivity index (χ2v) is 3.14. The summed E-state index contributed by atoms with van der Waals surface area (Å²) >= 11 is 0. The first-order chi connectivity index (χ1) is 5.59. The van der Waals surface area contributed by atoms with Crippen LogP contribution in [0, 0.1) is 0 Å². The number of ether oxygens (including phenoxy) is 1. The lowest BCUT2D eigenvalue weighted by Gasteiger charge is -2.32. The lowest BCUT2D eigenvalue weighted by Crippen LogP contribution is -2.54. The second kappa shape index (κ2) is 2.38. The first-order valence-electron chi connectivity index (χ1n) is 3.72. The fraction of sp³-hybridized carbons (Fsp3) is 1.00. The van der Waals surface area contributed by atoms with Gasteiger partial charge in [0.1, 0.15) is 18.3 Å². The van der Waals surface area contributed by atoms with Gasteiger partial charge in [0, 0.05) is 0 Å². The molecular formula is C6H11NO5. The summed E-state index contributed by atoms with van der Waals surface area (Å²) in [6.45, 7) is -0.382. The Kier molecular flexibility index (Phi) is 1.66. The molecule has 0 saturated carbocycles. The highest BCUT2D eigenvalue weighted by Gasteiger charge is 2.66. The molecule has 2 rings (SSSR count). The predicted molar refractivity (Wildman–Crippen MR) is 35.8 cm³/mol. The third kappa shape index (κ3) is 0.905. The van der Waals surface area contributed by atoms with Crippen molar-refractivity contribution in [1.29, 1.82) is 0 Å². The molecule has 0 radical (unpaired) electrons. The van der Waals surface area contributed by atoms with E-state index in [1.165, 1.54) is 0 Å². The van der Waals surface area contributed by atoms with E-state index in [0.29, 0.717) is 0 Å². The third-order valence-corrected chi connectivity index (χ3v) is 2.32. The minimum Gasteiger partial charge on any atom is -0.394 e. The Morgan fingerprint density at radius 1 is 1.42 bits per heavy atom. The SMILES string of the molecule is OC[C@H]1O[C@H]2N[C@@]2(O)[C@@H](O)[C@@H]1O. The molecule has 2 saturated heterocycles. The molecule has 0 unspecified atom stereocenters. The van der Waals surface area contributed by atoms with Gasteiger partial charge in [0.05, 0.1) is 6.61 Å². The maximum absolute atomic E-state index is 9.37. The molecular weight excluding hydrogens is 166 g/mol. The number of aliphatic hydroxyl groups excluding tert-OH is 3. The van der Waals surface area contributed by atoms with E-state index in [9.17, 15) is 15.3 Å². The molecule has 2 fully saturated rings. The van der Waals surface area contributed by atoms with Crippen molar-refractivity contribution in [2.24, 2.45) is 0 Å². The number of fused-ring (bicyclic) bond motifs is 1. The number of hydrogen-bond donors (Lipinski definition) is 5. The number of aliphatic hydroxyl groups is 4. The van der Waals surface area contributed by atoms with Crippen molar-refractivity contribution >= 4 is 0 Å². The van der Waals surface area contributed by atoms with Gasteiger partial charge in [-0.25, -0.2) is 0 Å². The largest absolute Gasteiger partial charge is 0.394 e. The van der Waals surface area contributed by atoms with E-state index in [1.807, 2.05) is 0 Å². The van der Waals surface area contributed by atoms with Crippen LogP contribution in [-0.4, -0.2) is 57.3 Å². The van der Waals surface area contributed by atoms with Crippen molar-refractivity contribution in [3.63, 3.8) is 0 Å². The fourth-order valence-electron chi connectivity index (χ4n) is 1.42. The molecule has 6 heteroatoms. The maximum Gasteiger partial charge on any atom is 0.187 e. The number of rotatable bonds is 1. The molecule has 2 heterocycles. The molecule has 2 aliphatic heterocycles. The van der Waals surface area contributed by atoms with Crippen molar-refractivity contribution in [3.8, 4) is 0 Å². The van der Waals surface area contributed by atoms with Crippen LogP contribution >= 0.6 is 0 Å². The summed E-state index contributed by atoms with van der Waals surface area (Å²) < 4.78 is 4.97. The second-order valence-electron chi connectivity index (χ2n) is 3.14. The summed E-state index contributed by atoms with van der Waals surface area (Å²) in [5.74, 6) is 0. The monoisotopic (exact) mass is 177 g/mol. The molecule has 0 aromatic rings. The third-order valence-electron chi connectivity index (χ3n) is 2.32. The van der Waals surface area contributed by atoms with E-state index in [4.69, 9.17) is 9.84 Å². The van der Waals surface area contributed by atoms with Crippen LogP contribution in [0.3, 0.4) is 0 Å². The van der Waals surface area contributed by atoms with E-state index in [2.05, 4.69) is 5.32 Å². The first kappa shape index (κ1) is 8.36. The van der Waals surface area contributed by atoms with Gasteiger partial charge in [0.25, 0.3) is 0 Å². The van der Waals surface area contributed by atoms with Gasteiger partial charge in [0.2, 0.25) is 0 Å².